The second-order valence-electron chi connectivity index (χ2n) is 7.26. The lowest BCUT2D eigenvalue weighted by atomic mass is 9.98. The van der Waals surface area contributed by atoms with E-state index in [0.717, 1.165) is 17.6 Å². The van der Waals surface area contributed by atoms with Crippen molar-refractivity contribution in [1.82, 2.24) is 9.80 Å². The van der Waals surface area contributed by atoms with Crippen molar-refractivity contribution in [3.05, 3.63) is 79.9 Å². The van der Waals surface area contributed by atoms with Crippen LogP contribution in [0.25, 0.3) is 11.0 Å². The summed E-state index contributed by atoms with van der Waals surface area (Å²) in [6, 6.07) is 10.5. The predicted octanol–water partition coefficient (Wildman–Crippen LogP) is 4.58. The molecule has 1 amide bonds. The third-order valence-electron chi connectivity index (χ3n) is 5.68. The standard InChI is InChI=1S/C23H22BrFN2O3/c1-3-26(4-2)11-12-27-20(15-7-5-6-8-17(15)25)19-21(28)16-13-14(24)9-10-18(16)30-22(19)23(27)29/h5-10,13,20H,3-4,11-12H2,1-2H3/t20-/m0/s1. The zero-order valence-electron chi connectivity index (χ0n) is 16.8. The molecule has 156 valence electrons. The summed E-state index contributed by atoms with van der Waals surface area (Å²) in [5.74, 6) is -0.834. The molecular formula is C23H22BrFN2O3. The number of hydrogen-bond donors (Lipinski definition) is 0. The minimum Gasteiger partial charge on any atom is -0.450 e. The number of rotatable bonds is 6. The van der Waals surface area contributed by atoms with E-state index in [4.69, 9.17) is 4.42 Å². The Morgan fingerprint density at radius 3 is 2.57 bits per heavy atom. The first-order valence-electron chi connectivity index (χ1n) is 10.00. The molecule has 4 rings (SSSR count). The van der Waals surface area contributed by atoms with Crippen LogP contribution in [-0.2, 0) is 0 Å². The quantitative estimate of drug-likeness (QED) is 0.526. The van der Waals surface area contributed by atoms with E-state index in [0.29, 0.717) is 29.6 Å². The van der Waals surface area contributed by atoms with Crippen LogP contribution < -0.4 is 5.43 Å². The molecule has 7 heteroatoms. The number of likely N-dealkylation sites (N-methyl/N-ethyl adjacent to an activating group) is 1. The van der Waals surface area contributed by atoms with Gasteiger partial charge in [0.05, 0.1) is 17.0 Å². The maximum atomic E-state index is 14.8. The van der Waals surface area contributed by atoms with Crippen LogP contribution in [0.5, 0.6) is 0 Å². The first kappa shape index (κ1) is 20.8. The molecule has 30 heavy (non-hydrogen) atoms. The van der Waals surface area contributed by atoms with Gasteiger partial charge in [-0.25, -0.2) is 4.39 Å². The van der Waals surface area contributed by atoms with Crippen molar-refractivity contribution in [2.45, 2.75) is 19.9 Å². The summed E-state index contributed by atoms with van der Waals surface area (Å²) in [7, 11) is 0. The lowest BCUT2D eigenvalue weighted by Crippen LogP contribution is -2.38. The normalized spacial score (nSPS) is 16.0. The average molecular weight is 473 g/mol. The fraction of sp³-hybridized carbons (Fsp3) is 0.304. The third-order valence-corrected chi connectivity index (χ3v) is 6.17. The second-order valence-corrected chi connectivity index (χ2v) is 8.18. The van der Waals surface area contributed by atoms with Gasteiger partial charge in [-0.2, -0.15) is 0 Å². The van der Waals surface area contributed by atoms with Crippen LogP contribution in [0, 0.1) is 5.82 Å². The first-order valence-corrected chi connectivity index (χ1v) is 10.8. The Kier molecular flexibility index (Phi) is 5.75. The SMILES string of the molecule is CCN(CC)CCN1C(=O)c2oc3ccc(Br)cc3c(=O)c2[C@@H]1c1ccccc1F. The Bertz CT molecular complexity index is 1170. The number of benzene rings is 2. The Morgan fingerprint density at radius 2 is 1.87 bits per heavy atom. The fourth-order valence-corrected chi connectivity index (χ4v) is 4.39. The zero-order chi connectivity index (χ0) is 21.4. The van der Waals surface area contributed by atoms with Crippen molar-refractivity contribution in [2.75, 3.05) is 26.2 Å². The van der Waals surface area contributed by atoms with Gasteiger partial charge in [-0.15, -0.1) is 0 Å². The summed E-state index contributed by atoms with van der Waals surface area (Å²) in [5, 5.41) is 0.364. The van der Waals surface area contributed by atoms with Crippen molar-refractivity contribution in [3.63, 3.8) is 0 Å². The molecule has 2 aromatic carbocycles. The number of hydrogen-bond acceptors (Lipinski definition) is 4. The highest BCUT2D eigenvalue weighted by Gasteiger charge is 2.43. The molecule has 0 saturated heterocycles. The number of fused-ring (bicyclic) bond motifs is 2. The smallest absolute Gasteiger partial charge is 0.290 e. The fourth-order valence-electron chi connectivity index (χ4n) is 4.03. The Balaban J connectivity index is 1.90. The van der Waals surface area contributed by atoms with Gasteiger partial charge in [0.2, 0.25) is 5.76 Å². The molecule has 1 aromatic heterocycles. The monoisotopic (exact) mass is 472 g/mol. The van der Waals surface area contributed by atoms with Crippen LogP contribution >= 0.6 is 15.9 Å². The van der Waals surface area contributed by atoms with E-state index < -0.39 is 11.9 Å². The van der Waals surface area contributed by atoms with Gasteiger partial charge < -0.3 is 14.2 Å². The van der Waals surface area contributed by atoms with E-state index in [1.807, 2.05) is 13.8 Å². The molecule has 0 N–H and O–H groups in total. The van der Waals surface area contributed by atoms with Gasteiger partial charge >= 0.3 is 0 Å². The largest absolute Gasteiger partial charge is 0.450 e. The summed E-state index contributed by atoms with van der Waals surface area (Å²) >= 11 is 3.38. The summed E-state index contributed by atoms with van der Waals surface area (Å²) in [4.78, 5) is 30.4. The number of nitrogens with zero attached hydrogens (tertiary/aromatic N) is 2. The van der Waals surface area contributed by atoms with Gasteiger partial charge in [0.1, 0.15) is 11.4 Å². The molecule has 0 saturated carbocycles. The average Bonchev–Trinajstić information content (AvgIpc) is 3.02. The predicted molar refractivity (Wildman–Crippen MR) is 117 cm³/mol. The maximum Gasteiger partial charge on any atom is 0.290 e. The van der Waals surface area contributed by atoms with Crippen molar-refractivity contribution < 1.29 is 13.6 Å². The minimum absolute atomic E-state index is 0.00243. The molecule has 1 aliphatic rings. The van der Waals surface area contributed by atoms with Gasteiger partial charge in [0.15, 0.2) is 5.43 Å². The zero-order valence-corrected chi connectivity index (χ0v) is 18.4. The van der Waals surface area contributed by atoms with Crippen LogP contribution in [0.2, 0.25) is 0 Å². The Hall–Kier alpha value is -2.51. The van der Waals surface area contributed by atoms with Gasteiger partial charge in [0, 0.05) is 23.1 Å². The Morgan fingerprint density at radius 1 is 1.13 bits per heavy atom. The number of amides is 1. The first-order chi connectivity index (χ1) is 14.5. The molecule has 0 aliphatic carbocycles. The van der Waals surface area contributed by atoms with Crippen LogP contribution in [-0.4, -0.2) is 41.9 Å². The molecule has 2 heterocycles. The van der Waals surface area contributed by atoms with Crippen molar-refractivity contribution in [2.24, 2.45) is 0 Å². The molecule has 1 aliphatic heterocycles. The highest BCUT2D eigenvalue weighted by molar-refractivity contribution is 9.10. The number of carbonyl (C=O) groups excluding carboxylic acids is 1. The molecule has 3 aromatic rings. The summed E-state index contributed by atoms with van der Waals surface area (Å²) in [6.45, 7) is 6.76. The molecule has 1 atom stereocenters. The molecule has 0 bridgehead atoms. The van der Waals surface area contributed by atoms with Gasteiger partial charge in [-0.3, -0.25) is 9.59 Å². The van der Waals surface area contributed by atoms with Crippen LogP contribution in [0.1, 0.15) is 41.6 Å². The van der Waals surface area contributed by atoms with Crippen molar-refractivity contribution in [3.8, 4) is 0 Å². The number of halogens is 2. The Labute approximate surface area is 182 Å². The van der Waals surface area contributed by atoms with Crippen molar-refractivity contribution >= 4 is 32.8 Å². The van der Waals surface area contributed by atoms with E-state index in [1.165, 1.54) is 6.07 Å². The van der Waals surface area contributed by atoms with E-state index in [2.05, 4.69) is 20.8 Å². The van der Waals surface area contributed by atoms with E-state index in [1.54, 1.807) is 41.3 Å². The van der Waals surface area contributed by atoms with E-state index >= 15 is 0 Å². The highest BCUT2D eigenvalue weighted by Crippen LogP contribution is 2.39. The van der Waals surface area contributed by atoms with E-state index in [9.17, 15) is 14.0 Å². The molecular weight excluding hydrogens is 451 g/mol. The van der Waals surface area contributed by atoms with Crippen molar-refractivity contribution in [1.29, 1.82) is 0 Å². The summed E-state index contributed by atoms with van der Waals surface area (Å²) < 4.78 is 21.4. The second kappa shape index (κ2) is 8.32. The van der Waals surface area contributed by atoms with Crippen LogP contribution in [0.15, 0.2) is 56.1 Å². The minimum atomic E-state index is -0.816. The molecule has 0 radical (unpaired) electrons. The lowest BCUT2D eigenvalue weighted by molar-refractivity contribution is 0.0706. The number of carbonyl (C=O) groups is 1. The molecule has 0 fully saturated rings. The molecule has 0 unspecified atom stereocenters. The maximum absolute atomic E-state index is 14.8. The van der Waals surface area contributed by atoms with Gasteiger partial charge in [-0.05, 0) is 37.4 Å². The summed E-state index contributed by atoms with van der Waals surface area (Å²) in [5.41, 5.74) is 0.536. The molecule has 0 spiro atoms. The highest BCUT2D eigenvalue weighted by atomic mass is 79.9. The topological polar surface area (TPSA) is 53.8 Å². The van der Waals surface area contributed by atoms with Crippen LogP contribution in [0.4, 0.5) is 4.39 Å². The summed E-state index contributed by atoms with van der Waals surface area (Å²) in [6.07, 6.45) is 0. The van der Waals surface area contributed by atoms with E-state index in [-0.39, 0.29) is 22.7 Å². The molecule has 5 nitrogen and oxygen atoms in total. The van der Waals surface area contributed by atoms with Crippen LogP contribution in [0.3, 0.4) is 0 Å². The van der Waals surface area contributed by atoms with Gasteiger partial charge in [0.25, 0.3) is 5.91 Å². The third kappa shape index (κ3) is 3.46. The lowest BCUT2D eigenvalue weighted by Gasteiger charge is -2.28. The van der Waals surface area contributed by atoms with Gasteiger partial charge in [-0.1, -0.05) is 48.0 Å².